The zero-order chi connectivity index (χ0) is 12.8. The molecule has 2 aliphatic rings. The molecule has 0 unspecified atom stereocenters. The molecule has 2 bridgehead atoms. The highest BCUT2D eigenvalue weighted by Crippen LogP contribution is 2.41. The van der Waals surface area contributed by atoms with Crippen molar-refractivity contribution in [1.82, 2.24) is 0 Å². The summed E-state index contributed by atoms with van der Waals surface area (Å²) >= 11 is 0. The Morgan fingerprint density at radius 2 is 2.18 bits per heavy atom. The van der Waals surface area contributed by atoms with Gasteiger partial charge in [-0.25, -0.2) is 0 Å². The standard InChI is InChI=1S/C14H20O3/c1-6-8(2)12-10(4)13-11(15)7-9(3)14(5,16-12)17-13/h6-8,10,12-13H,1H2,2-5H3/t8-,10-,12-,13+,14+/m1/s1. The van der Waals surface area contributed by atoms with Gasteiger partial charge in [-0.15, -0.1) is 6.58 Å². The first-order chi connectivity index (χ1) is 7.89. The van der Waals surface area contributed by atoms with Crippen LogP contribution in [0.15, 0.2) is 24.3 Å². The van der Waals surface area contributed by atoms with Crippen molar-refractivity contribution in [2.75, 3.05) is 0 Å². The van der Waals surface area contributed by atoms with E-state index in [-0.39, 0.29) is 29.8 Å². The fourth-order valence-corrected chi connectivity index (χ4v) is 2.57. The van der Waals surface area contributed by atoms with E-state index in [1.54, 1.807) is 6.08 Å². The average molecular weight is 236 g/mol. The SMILES string of the molecule is C=C[C@@H](C)[C@H]1O[C@@]2(C)O[C@H](C(=O)C=C2C)[C@@H]1C. The van der Waals surface area contributed by atoms with Crippen LogP contribution in [-0.2, 0) is 14.3 Å². The molecule has 1 fully saturated rings. The van der Waals surface area contributed by atoms with E-state index in [0.717, 1.165) is 5.57 Å². The van der Waals surface area contributed by atoms with Gasteiger partial charge in [-0.1, -0.05) is 19.9 Å². The number of ketones is 1. The summed E-state index contributed by atoms with van der Waals surface area (Å²) in [5.41, 5.74) is 0.840. The van der Waals surface area contributed by atoms with Crippen LogP contribution in [0, 0.1) is 11.8 Å². The molecule has 0 radical (unpaired) electrons. The minimum Gasteiger partial charge on any atom is -0.342 e. The first kappa shape index (κ1) is 12.5. The average Bonchev–Trinajstić information content (AvgIpc) is 2.29. The van der Waals surface area contributed by atoms with Crippen molar-refractivity contribution in [3.63, 3.8) is 0 Å². The van der Waals surface area contributed by atoms with Crippen LogP contribution in [0.3, 0.4) is 0 Å². The predicted octanol–water partition coefficient (Wildman–Crippen LogP) is 2.47. The molecule has 0 amide bonds. The lowest BCUT2D eigenvalue weighted by atomic mass is 9.82. The first-order valence-corrected chi connectivity index (χ1v) is 6.10. The number of carbonyl (C=O) groups excluding carboxylic acids is 1. The van der Waals surface area contributed by atoms with Gasteiger partial charge in [-0.2, -0.15) is 0 Å². The molecule has 0 saturated carbocycles. The molecule has 0 aromatic carbocycles. The quantitative estimate of drug-likeness (QED) is 0.691. The zero-order valence-corrected chi connectivity index (χ0v) is 10.9. The van der Waals surface area contributed by atoms with Crippen LogP contribution in [0.2, 0.25) is 0 Å². The molecule has 0 aromatic heterocycles. The van der Waals surface area contributed by atoms with Crippen molar-refractivity contribution >= 4 is 5.78 Å². The van der Waals surface area contributed by atoms with E-state index < -0.39 is 5.79 Å². The van der Waals surface area contributed by atoms with Gasteiger partial charge in [-0.05, 0) is 25.5 Å². The molecule has 2 aliphatic heterocycles. The highest BCUT2D eigenvalue weighted by molar-refractivity contribution is 5.95. The third-order valence-corrected chi connectivity index (χ3v) is 3.95. The Bertz CT molecular complexity index is 385. The summed E-state index contributed by atoms with van der Waals surface area (Å²) < 4.78 is 11.9. The second-order valence-electron chi connectivity index (χ2n) is 5.25. The lowest BCUT2D eigenvalue weighted by molar-refractivity contribution is -0.309. The normalized spacial score (nSPS) is 42.9. The van der Waals surface area contributed by atoms with E-state index in [4.69, 9.17) is 9.47 Å². The van der Waals surface area contributed by atoms with Gasteiger partial charge in [-0.3, -0.25) is 4.79 Å². The number of fused-ring (bicyclic) bond motifs is 2. The summed E-state index contributed by atoms with van der Waals surface area (Å²) in [6, 6.07) is 0. The molecule has 94 valence electrons. The lowest BCUT2D eigenvalue weighted by Gasteiger charge is -2.49. The molecular weight excluding hydrogens is 216 g/mol. The van der Waals surface area contributed by atoms with Gasteiger partial charge in [0.1, 0.15) is 6.10 Å². The molecule has 1 saturated heterocycles. The van der Waals surface area contributed by atoms with Crippen LogP contribution in [0.5, 0.6) is 0 Å². The third kappa shape index (κ3) is 1.87. The molecule has 3 heteroatoms. The van der Waals surface area contributed by atoms with Crippen molar-refractivity contribution in [2.24, 2.45) is 11.8 Å². The summed E-state index contributed by atoms with van der Waals surface area (Å²) in [6.07, 6.45) is 3.11. The van der Waals surface area contributed by atoms with E-state index in [1.807, 2.05) is 26.8 Å². The highest BCUT2D eigenvalue weighted by Gasteiger charge is 2.50. The molecule has 2 rings (SSSR count). The van der Waals surface area contributed by atoms with Gasteiger partial charge in [0.2, 0.25) is 0 Å². The van der Waals surface area contributed by atoms with Crippen LogP contribution in [0.25, 0.3) is 0 Å². The fraction of sp³-hybridized carbons (Fsp3) is 0.643. The largest absolute Gasteiger partial charge is 0.342 e. The first-order valence-electron chi connectivity index (χ1n) is 6.10. The van der Waals surface area contributed by atoms with Crippen molar-refractivity contribution in [1.29, 1.82) is 0 Å². The molecule has 0 aromatic rings. The summed E-state index contributed by atoms with van der Waals surface area (Å²) in [7, 11) is 0. The molecule has 0 spiro atoms. The van der Waals surface area contributed by atoms with Crippen LogP contribution in [0.1, 0.15) is 27.7 Å². The van der Waals surface area contributed by atoms with Gasteiger partial charge >= 0.3 is 0 Å². The smallest absolute Gasteiger partial charge is 0.189 e. The van der Waals surface area contributed by atoms with E-state index in [0.29, 0.717) is 0 Å². The molecule has 0 N–H and O–H groups in total. The highest BCUT2D eigenvalue weighted by atomic mass is 16.7. The van der Waals surface area contributed by atoms with Crippen molar-refractivity contribution in [2.45, 2.75) is 45.7 Å². The summed E-state index contributed by atoms with van der Waals surface area (Å²) in [6.45, 7) is 11.6. The number of rotatable bonds is 2. The maximum atomic E-state index is 11.9. The number of hydrogen-bond acceptors (Lipinski definition) is 3. The zero-order valence-electron chi connectivity index (χ0n) is 10.9. The van der Waals surface area contributed by atoms with Crippen molar-refractivity contribution in [3.05, 3.63) is 24.3 Å². The van der Waals surface area contributed by atoms with Gasteiger partial charge in [0.15, 0.2) is 11.6 Å². The van der Waals surface area contributed by atoms with Crippen molar-refractivity contribution in [3.8, 4) is 0 Å². The van der Waals surface area contributed by atoms with E-state index in [9.17, 15) is 4.79 Å². The van der Waals surface area contributed by atoms with Crippen LogP contribution >= 0.6 is 0 Å². The Morgan fingerprint density at radius 1 is 1.53 bits per heavy atom. The fourth-order valence-electron chi connectivity index (χ4n) is 2.57. The van der Waals surface area contributed by atoms with Gasteiger partial charge in [0.05, 0.1) is 6.10 Å². The minimum absolute atomic E-state index is 0.0242. The molecule has 2 heterocycles. The predicted molar refractivity (Wildman–Crippen MR) is 65.4 cm³/mol. The van der Waals surface area contributed by atoms with Crippen LogP contribution in [-0.4, -0.2) is 23.8 Å². The summed E-state index contributed by atoms with van der Waals surface area (Å²) in [5.74, 6) is -0.452. The molecular formula is C14H20O3. The van der Waals surface area contributed by atoms with Gasteiger partial charge in [0, 0.05) is 11.8 Å². The minimum atomic E-state index is -0.757. The Labute approximate surface area is 102 Å². The third-order valence-electron chi connectivity index (χ3n) is 3.95. The van der Waals surface area contributed by atoms with Crippen molar-refractivity contribution < 1.29 is 14.3 Å². The summed E-state index contributed by atoms with van der Waals surface area (Å²) in [4.78, 5) is 11.9. The van der Waals surface area contributed by atoms with E-state index in [1.165, 1.54) is 0 Å². The monoisotopic (exact) mass is 236 g/mol. The van der Waals surface area contributed by atoms with Gasteiger partial charge < -0.3 is 9.47 Å². The Balaban J connectivity index is 2.37. The second kappa shape index (κ2) is 4.07. The maximum absolute atomic E-state index is 11.9. The Kier molecular flexibility index (Phi) is 3.00. The Hall–Kier alpha value is -0.930. The number of carbonyl (C=O) groups is 1. The summed E-state index contributed by atoms with van der Waals surface area (Å²) in [5, 5.41) is 0. The molecule has 0 aliphatic carbocycles. The molecule has 3 nitrogen and oxygen atoms in total. The topological polar surface area (TPSA) is 35.5 Å². The maximum Gasteiger partial charge on any atom is 0.189 e. The number of ether oxygens (including phenoxy) is 2. The lowest BCUT2D eigenvalue weighted by Crippen LogP contribution is -2.58. The van der Waals surface area contributed by atoms with E-state index in [2.05, 4.69) is 13.5 Å². The molecule has 5 atom stereocenters. The second-order valence-corrected chi connectivity index (χ2v) is 5.25. The van der Waals surface area contributed by atoms with Crippen LogP contribution < -0.4 is 0 Å². The van der Waals surface area contributed by atoms with Gasteiger partial charge in [0.25, 0.3) is 0 Å². The molecule has 17 heavy (non-hydrogen) atoms. The Morgan fingerprint density at radius 3 is 2.76 bits per heavy atom. The van der Waals surface area contributed by atoms with E-state index >= 15 is 0 Å². The van der Waals surface area contributed by atoms with Crippen LogP contribution in [0.4, 0.5) is 0 Å². The number of hydrogen-bond donors (Lipinski definition) is 0.